The van der Waals surface area contributed by atoms with Gasteiger partial charge < -0.3 is 14.8 Å². The van der Waals surface area contributed by atoms with Gasteiger partial charge in [-0.3, -0.25) is 9.59 Å². The number of Topliss-reactive ketones (excluding diaryl/α,β-unsaturated/α-hetero) is 1. The maximum atomic E-state index is 13.8. The van der Waals surface area contributed by atoms with E-state index in [0.717, 1.165) is 5.69 Å². The van der Waals surface area contributed by atoms with Gasteiger partial charge in [-0.2, -0.15) is 5.10 Å². The minimum atomic E-state index is -0.726. The molecule has 1 amide bonds. The number of rotatable bonds is 5. The molecule has 1 aliphatic rings. The molecule has 8 heteroatoms. The highest BCUT2D eigenvalue weighted by atomic mass is 19.1. The molecular formula is C22H20FN3O4. The van der Waals surface area contributed by atoms with Gasteiger partial charge in [0.1, 0.15) is 11.6 Å². The molecule has 0 fully saturated rings. The van der Waals surface area contributed by atoms with E-state index in [1.54, 1.807) is 30.8 Å². The Balaban J connectivity index is 1.78. The number of ketones is 1. The van der Waals surface area contributed by atoms with Crippen LogP contribution in [-0.4, -0.2) is 35.7 Å². The fourth-order valence-electron chi connectivity index (χ4n) is 3.70. The molecule has 154 valence electrons. The van der Waals surface area contributed by atoms with E-state index >= 15 is 0 Å². The number of carbonyl (C=O) groups is 2. The molecule has 2 heterocycles. The lowest BCUT2D eigenvalue weighted by Crippen LogP contribution is -2.28. The summed E-state index contributed by atoms with van der Waals surface area (Å²) in [4.78, 5) is 25.7. The van der Waals surface area contributed by atoms with Crippen LogP contribution in [0.15, 0.2) is 42.5 Å². The average Bonchev–Trinajstić information content (AvgIpc) is 3.09. The summed E-state index contributed by atoms with van der Waals surface area (Å²) in [6.45, 7) is 1.79. The van der Waals surface area contributed by atoms with Gasteiger partial charge in [-0.1, -0.05) is 0 Å². The number of aromatic nitrogens is 2. The molecule has 0 bridgehead atoms. The highest BCUT2D eigenvalue weighted by Crippen LogP contribution is 2.38. The monoisotopic (exact) mass is 409 g/mol. The number of anilines is 1. The lowest BCUT2D eigenvalue weighted by Gasteiger charge is -2.23. The summed E-state index contributed by atoms with van der Waals surface area (Å²) in [7, 11) is 2.91. The Morgan fingerprint density at radius 1 is 1.17 bits per heavy atom. The van der Waals surface area contributed by atoms with Crippen molar-refractivity contribution in [1.29, 1.82) is 0 Å². The summed E-state index contributed by atoms with van der Waals surface area (Å²) in [5.41, 5.74) is 2.28. The lowest BCUT2D eigenvalue weighted by atomic mass is 9.85. The van der Waals surface area contributed by atoms with E-state index in [9.17, 15) is 14.0 Å². The third-order valence-corrected chi connectivity index (χ3v) is 5.17. The number of fused-ring (bicyclic) bond motifs is 1. The zero-order chi connectivity index (χ0) is 21.4. The van der Waals surface area contributed by atoms with Crippen LogP contribution in [0.5, 0.6) is 11.5 Å². The van der Waals surface area contributed by atoms with E-state index in [2.05, 4.69) is 10.4 Å². The third-order valence-electron chi connectivity index (χ3n) is 5.17. The van der Waals surface area contributed by atoms with Gasteiger partial charge in [0.2, 0.25) is 5.91 Å². The number of nitrogens with zero attached hydrogens (tertiary/aromatic N) is 2. The number of aryl methyl sites for hydroxylation is 1. The first-order valence-corrected chi connectivity index (χ1v) is 9.34. The van der Waals surface area contributed by atoms with Gasteiger partial charge in [-0.25, -0.2) is 9.07 Å². The number of halogens is 1. The van der Waals surface area contributed by atoms with Gasteiger partial charge in [0.05, 0.1) is 31.5 Å². The molecule has 0 radical (unpaired) electrons. The molecule has 0 saturated carbocycles. The van der Waals surface area contributed by atoms with Crippen LogP contribution in [0.2, 0.25) is 0 Å². The summed E-state index contributed by atoms with van der Waals surface area (Å²) < 4.78 is 25.5. The SMILES string of the molecule is COc1ccc(-n2nc(C)c3c2NC(=O)CC3C(=O)c2ccc(F)c(OC)c2)cc1. The van der Waals surface area contributed by atoms with Gasteiger partial charge in [-0.15, -0.1) is 0 Å². The van der Waals surface area contributed by atoms with Crippen LogP contribution in [0, 0.1) is 12.7 Å². The number of nitrogens with one attached hydrogen (secondary N) is 1. The molecule has 3 aromatic rings. The number of amides is 1. The van der Waals surface area contributed by atoms with Gasteiger partial charge in [-0.05, 0) is 49.4 Å². The third kappa shape index (κ3) is 3.30. The van der Waals surface area contributed by atoms with Crippen LogP contribution >= 0.6 is 0 Å². The lowest BCUT2D eigenvalue weighted by molar-refractivity contribution is -0.116. The number of carbonyl (C=O) groups excluding carboxylic acids is 2. The number of methoxy groups -OCH3 is 2. The Kier molecular flexibility index (Phi) is 4.99. The highest BCUT2D eigenvalue weighted by Gasteiger charge is 2.36. The Morgan fingerprint density at radius 2 is 1.90 bits per heavy atom. The molecule has 1 atom stereocenters. The second-order valence-corrected chi connectivity index (χ2v) is 6.98. The van der Waals surface area contributed by atoms with E-state index in [-0.39, 0.29) is 29.4 Å². The van der Waals surface area contributed by atoms with Crippen molar-refractivity contribution in [3.8, 4) is 17.2 Å². The first-order valence-electron chi connectivity index (χ1n) is 9.34. The van der Waals surface area contributed by atoms with Crippen LogP contribution in [-0.2, 0) is 4.79 Å². The highest BCUT2D eigenvalue weighted by molar-refractivity contribution is 6.08. The van der Waals surface area contributed by atoms with Crippen molar-refractivity contribution in [3.63, 3.8) is 0 Å². The minimum Gasteiger partial charge on any atom is -0.497 e. The molecular weight excluding hydrogens is 389 g/mol. The van der Waals surface area contributed by atoms with Crippen molar-refractivity contribution in [3.05, 3.63) is 65.1 Å². The molecule has 30 heavy (non-hydrogen) atoms. The minimum absolute atomic E-state index is 0.0132. The normalized spacial score (nSPS) is 15.3. The second-order valence-electron chi connectivity index (χ2n) is 6.98. The maximum Gasteiger partial charge on any atom is 0.226 e. The molecule has 1 aliphatic heterocycles. The number of hydrogen-bond donors (Lipinski definition) is 1. The van der Waals surface area contributed by atoms with Gasteiger partial charge >= 0.3 is 0 Å². The fraction of sp³-hybridized carbons (Fsp3) is 0.227. The van der Waals surface area contributed by atoms with E-state index < -0.39 is 11.7 Å². The molecule has 0 saturated heterocycles. The van der Waals surface area contributed by atoms with Crippen molar-refractivity contribution >= 4 is 17.5 Å². The van der Waals surface area contributed by atoms with Crippen molar-refractivity contribution in [2.75, 3.05) is 19.5 Å². The molecule has 0 spiro atoms. The van der Waals surface area contributed by atoms with Crippen LogP contribution in [0.1, 0.15) is 34.0 Å². The number of hydrogen-bond acceptors (Lipinski definition) is 5. The van der Waals surface area contributed by atoms with E-state index in [1.807, 2.05) is 12.1 Å². The Bertz CT molecular complexity index is 1140. The number of ether oxygens (including phenoxy) is 2. The zero-order valence-corrected chi connectivity index (χ0v) is 16.7. The molecule has 7 nitrogen and oxygen atoms in total. The summed E-state index contributed by atoms with van der Waals surface area (Å²) >= 11 is 0. The molecule has 1 N–H and O–H groups in total. The molecule has 0 aliphatic carbocycles. The summed E-state index contributed by atoms with van der Waals surface area (Å²) in [6.07, 6.45) is -0.0132. The second kappa shape index (κ2) is 7.62. The van der Waals surface area contributed by atoms with Crippen LogP contribution in [0.25, 0.3) is 5.69 Å². The smallest absolute Gasteiger partial charge is 0.226 e. The van der Waals surface area contributed by atoms with Gasteiger partial charge in [0.25, 0.3) is 0 Å². The Labute approximate surface area is 172 Å². The average molecular weight is 409 g/mol. The maximum absolute atomic E-state index is 13.8. The van der Waals surface area contributed by atoms with Crippen molar-refractivity contribution < 1.29 is 23.5 Å². The Morgan fingerprint density at radius 3 is 2.57 bits per heavy atom. The zero-order valence-electron chi connectivity index (χ0n) is 16.7. The summed E-state index contributed by atoms with van der Waals surface area (Å²) in [6, 6.07) is 11.1. The summed E-state index contributed by atoms with van der Waals surface area (Å²) in [5.74, 6) is -0.728. The summed E-state index contributed by atoms with van der Waals surface area (Å²) in [5, 5.41) is 7.39. The van der Waals surface area contributed by atoms with Gasteiger partial charge in [0, 0.05) is 17.5 Å². The van der Waals surface area contributed by atoms with E-state index in [0.29, 0.717) is 22.8 Å². The first kappa shape index (κ1) is 19.6. The van der Waals surface area contributed by atoms with Crippen molar-refractivity contribution in [2.45, 2.75) is 19.3 Å². The van der Waals surface area contributed by atoms with Crippen LogP contribution < -0.4 is 14.8 Å². The predicted octanol–water partition coefficient (Wildman–Crippen LogP) is 3.65. The number of benzene rings is 2. The van der Waals surface area contributed by atoms with Gasteiger partial charge in [0.15, 0.2) is 17.3 Å². The van der Waals surface area contributed by atoms with Crippen molar-refractivity contribution in [1.82, 2.24) is 9.78 Å². The van der Waals surface area contributed by atoms with E-state index in [1.165, 1.54) is 25.3 Å². The van der Waals surface area contributed by atoms with Crippen LogP contribution in [0.4, 0.5) is 10.2 Å². The fourth-order valence-corrected chi connectivity index (χ4v) is 3.70. The molecule has 1 unspecified atom stereocenters. The quantitative estimate of drug-likeness (QED) is 0.651. The predicted molar refractivity (Wildman–Crippen MR) is 108 cm³/mol. The standard InChI is InChI=1S/C22H20FN3O4/c1-12-20-16(21(28)13-4-9-17(23)18(10-13)30-3)11-19(27)24-22(20)26(25-12)14-5-7-15(29-2)8-6-14/h4-10,16H,11H2,1-3H3,(H,24,27). The van der Waals surface area contributed by atoms with E-state index in [4.69, 9.17) is 9.47 Å². The molecule has 4 rings (SSSR count). The molecule has 2 aromatic carbocycles. The largest absolute Gasteiger partial charge is 0.497 e. The molecule has 1 aromatic heterocycles. The first-order chi connectivity index (χ1) is 14.4. The topological polar surface area (TPSA) is 82.5 Å². The van der Waals surface area contributed by atoms with Crippen molar-refractivity contribution in [2.24, 2.45) is 0 Å². The Hall–Kier alpha value is -3.68. The van der Waals surface area contributed by atoms with Crippen LogP contribution in [0.3, 0.4) is 0 Å².